The summed E-state index contributed by atoms with van der Waals surface area (Å²) in [6.07, 6.45) is 0. The molecule has 0 atom stereocenters. The number of fused-ring (bicyclic) bond motifs is 1. The minimum atomic E-state index is -0.450. The predicted octanol–water partition coefficient (Wildman–Crippen LogP) is 5.78. The molecule has 6 nitrogen and oxygen atoms in total. The van der Waals surface area contributed by atoms with E-state index in [2.05, 4.69) is 20.9 Å². The van der Waals surface area contributed by atoms with Crippen molar-refractivity contribution in [2.45, 2.75) is 13.2 Å². The standard InChI is InChI=1S/C27H21BrFN3O3/c1-31-25-21(13-12-20(29)24(25)28)32(27(31)33)22-14-15-23(34-16-18-8-4-2-5-9-18)30-26(22)35-17-19-10-6-3-7-11-19/h2-15H,16-17H2,1H3. The maximum Gasteiger partial charge on any atom is 0.333 e. The molecule has 0 unspecified atom stereocenters. The Hall–Kier alpha value is -3.91. The van der Waals surface area contributed by atoms with E-state index in [1.165, 1.54) is 15.2 Å². The van der Waals surface area contributed by atoms with E-state index in [9.17, 15) is 9.18 Å². The van der Waals surface area contributed by atoms with Gasteiger partial charge < -0.3 is 9.47 Å². The molecular weight excluding hydrogens is 513 g/mol. The maximum atomic E-state index is 14.2. The van der Waals surface area contributed by atoms with Crippen LogP contribution in [0.15, 0.2) is 94.2 Å². The van der Waals surface area contributed by atoms with E-state index >= 15 is 0 Å². The highest BCUT2D eigenvalue weighted by molar-refractivity contribution is 9.10. The van der Waals surface area contributed by atoms with Gasteiger partial charge in [-0.25, -0.2) is 9.18 Å². The maximum absolute atomic E-state index is 14.2. The highest BCUT2D eigenvalue weighted by atomic mass is 79.9. The average Bonchev–Trinajstić information content (AvgIpc) is 3.15. The van der Waals surface area contributed by atoms with Crippen LogP contribution in [0.25, 0.3) is 16.7 Å². The normalized spacial score (nSPS) is 11.1. The first kappa shape index (κ1) is 22.9. The highest BCUT2D eigenvalue weighted by Crippen LogP contribution is 2.31. The third kappa shape index (κ3) is 4.57. The summed E-state index contributed by atoms with van der Waals surface area (Å²) in [5.41, 5.74) is 2.99. The third-order valence-electron chi connectivity index (χ3n) is 5.61. The van der Waals surface area contributed by atoms with Crippen molar-refractivity contribution in [3.8, 4) is 17.4 Å². The molecule has 5 aromatic rings. The van der Waals surface area contributed by atoms with Gasteiger partial charge in [0.25, 0.3) is 0 Å². The topological polar surface area (TPSA) is 58.3 Å². The number of halogens is 2. The van der Waals surface area contributed by atoms with Gasteiger partial charge >= 0.3 is 5.69 Å². The molecule has 3 aromatic carbocycles. The van der Waals surface area contributed by atoms with Crippen LogP contribution >= 0.6 is 15.9 Å². The molecule has 0 bridgehead atoms. The summed E-state index contributed by atoms with van der Waals surface area (Å²) in [6, 6.07) is 25.7. The molecule has 0 aliphatic carbocycles. The first-order valence-corrected chi connectivity index (χ1v) is 11.7. The highest BCUT2D eigenvalue weighted by Gasteiger charge is 2.21. The van der Waals surface area contributed by atoms with Crippen LogP contribution in [0, 0.1) is 5.82 Å². The predicted molar refractivity (Wildman–Crippen MR) is 136 cm³/mol. The van der Waals surface area contributed by atoms with Gasteiger partial charge in [0.05, 0.1) is 15.5 Å². The van der Waals surface area contributed by atoms with Crippen LogP contribution in [-0.2, 0) is 20.3 Å². The van der Waals surface area contributed by atoms with E-state index in [0.29, 0.717) is 29.2 Å². The minimum absolute atomic E-state index is 0.218. The Bertz CT molecular complexity index is 1550. The summed E-state index contributed by atoms with van der Waals surface area (Å²) >= 11 is 3.27. The number of rotatable bonds is 7. The van der Waals surface area contributed by atoms with Crippen LogP contribution in [0.1, 0.15) is 11.1 Å². The van der Waals surface area contributed by atoms with Crippen molar-refractivity contribution in [2.75, 3.05) is 0 Å². The molecule has 5 rings (SSSR count). The van der Waals surface area contributed by atoms with Crippen LogP contribution in [0.2, 0.25) is 0 Å². The summed E-state index contributed by atoms with van der Waals surface area (Å²) in [5, 5.41) is 0. The van der Waals surface area contributed by atoms with Crippen molar-refractivity contribution >= 4 is 27.0 Å². The quantitative estimate of drug-likeness (QED) is 0.266. The zero-order valence-corrected chi connectivity index (χ0v) is 20.4. The van der Waals surface area contributed by atoms with Crippen molar-refractivity contribution in [1.29, 1.82) is 0 Å². The zero-order valence-electron chi connectivity index (χ0n) is 18.8. The van der Waals surface area contributed by atoms with E-state index in [1.807, 2.05) is 60.7 Å². The number of hydrogen-bond acceptors (Lipinski definition) is 4. The largest absolute Gasteiger partial charge is 0.473 e. The molecule has 8 heteroatoms. The lowest BCUT2D eigenvalue weighted by atomic mass is 10.2. The molecule has 0 aliphatic heterocycles. The van der Waals surface area contributed by atoms with Crippen molar-refractivity contribution in [2.24, 2.45) is 7.05 Å². The Balaban J connectivity index is 1.58. The van der Waals surface area contributed by atoms with Gasteiger partial charge in [-0.3, -0.25) is 9.13 Å². The summed E-state index contributed by atoms with van der Waals surface area (Å²) in [4.78, 5) is 17.8. The number of pyridine rings is 1. The third-order valence-corrected chi connectivity index (χ3v) is 6.36. The molecule has 35 heavy (non-hydrogen) atoms. The van der Waals surface area contributed by atoms with E-state index in [-0.39, 0.29) is 22.6 Å². The lowest BCUT2D eigenvalue weighted by Crippen LogP contribution is -2.21. The molecule has 0 aliphatic rings. The van der Waals surface area contributed by atoms with Crippen LogP contribution in [-0.4, -0.2) is 14.1 Å². The van der Waals surface area contributed by atoms with E-state index in [4.69, 9.17) is 9.47 Å². The van der Waals surface area contributed by atoms with Gasteiger partial charge in [0, 0.05) is 13.1 Å². The van der Waals surface area contributed by atoms with Gasteiger partial charge in [0.15, 0.2) is 0 Å². The van der Waals surface area contributed by atoms with E-state index < -0.39 is 5.82 Å². The van der Waals surface area contributed by atoms with E-state index in [1.54, 1.807) is 25.2 Å². The van der Waals surface area contributed by atoms with Crippen LogP contribution in [0.4, 0.5) is 4.39 Å². The SMILES string of the molecule is Cn1c(=O)n(-c2ccc(OCc3ccccc3)nc2OCc2ccccc2)c2ccc(F)c(Br)c21. The Morgan fingerprint density at radius 1 is 0.857 bits per heavy atom. The average molecular weight is 534 g/mol. The summed E-state index contributed by atoms with van der Waals surface area (Å²) in [5.74, 6) is 0.143. The van der Waals surface area contributed by atoms with Gasteiger partial charge in [-0.15, -0.1) is 0 Å². The van der Waals surface area contributed by atoms with Crippen LogP contribution < -0.4 is 15.2 Å². The van der Waals surface area contributed by atoms with Crippen LogP contribution in [0.5, 0.6) is 11.8 Å². The summed E-state index contributed by atoms with van der Waals surface area (Å²) in [6.45, 7) is 0.590. The Labute approximate surface area is 209 Å². The molecule has 0 spiro atoms. The van der Waals surface area contributed by atoms with Crippen molar-refractivity contribution in [3.63, 3.8) is 0 Å². The van der Waals surface area contributed by atoms with E-state index in [0.717, 1.165) is 11.1 Å². The smallest absolute Gasteiger partial charge is 0.333 e. The molecule has 0 saturated heterocycles. The molecule has 0 fully saturated rings. The number of benzene rings is 3. The van der Waals surface area contributed by atoms with Crippen molar-refractivity contribution < 1.29 is 13.9 Å². The van der Waals surface area contributed by atoms with Gasteiger partial charge in [0.2, 0.25) is 11.8 Å². The van der Waals surface area contributed by atoms with Gasteiger partial charge in [0.1, 0.15) is 24.7 Å². The fourth-order valence-electron chi connectivity index (χ4n) is 3.84. The molecule has 176 valence electrons. The lowest BCUT2D eigenvalue weighted by molar-refractivity contribution is 0.267. The van der Waals surface area contributed by atoms with Crippen LogP contribution in [0.3, 0.4) is 0 Å². The fraction of sp³-hybridized carbons (Fsp3) is 0.111. The molecule has 0 saturated carbocycles. The molecular formula is C27H21BrFN3O3. The molecule has 2 aromatic heterocycles. The van der Waals surface area contributed by atoms with Crippen molar-refractivity contribution in [1.82, 2.24) is 14.1 Å². The molecule has 0 N–H and O–H groups in total. The number of hydrogen-bond donors (Lipinski definition) is 0. The number of nitrogens with zero attached hydrogens (tertiary/aromatic N) is 3. The Kier molecular flexibility index (Phi) is 6.37. The lowest BCUT2D eigenvalue weighted by Gasteiger charge is -2.14. The molecule has 2 heterocycles. The molecule has 0 radical (unpaired) electrons. The molecule has 0 amide bonds. The second-order valence-electron chi connectivity index (χ2n) is 7.93. The number of aromatic nitrogens is 3. The first-order chi connectivity index (χ1) is 17.0. The Morgan fingerprint density at radius 2 is 1.49 bits per heavy atom. The van der Waals surface area contributed by atoms with Gasteiger partial charge in [-0.2, -0.15) is 4.98 Å². The van der Waals surface area contributed by atoms with Gasteiger partial charge in [-0.05, 0) is 45.3 Å². The zero-order chi connectivity index (χ0) is 24.4. The first-order valence-electron chi connectivity index (χ1n) is 10.9. The van der Waals surface area contributed by atoms with Crippen molar-refractivity contribution in [3.05, 3.63) is 117 Å². The Morgan fingerprint density at radius 3 is 2.14 bits per heavy atom. The second-order valence-corrected chi connectivity index (χ2v) is 8.72. The summed E-state index contributed by atoms with van der Waals surface area (Å²) in [7, 11) is 1.60. The van der Waals surface area contributed by atoms with Gasteiger partial charge in [-0.1, -0.05) is 60.7 Å². The minimum Gasteiger partial charge on any atom is -0.473 e. The monoisotopic (exact) mass is 533 g/mol. The fourth-order valence-corrected chi connectivity index (χ4v) is 4.44. The number of aryl methyl sites for hydroxylation is 1. The number of ether oxygens (including phenoxy) is 2. The summed E-state index contributed by atoms with van der Waals surface area (Å²) < 4.78 is 29.3. The second kappa shape index (κ2) is 9.76. The number of imidazole rings is 1.